The Kier molecular flexibility index (Phi) is 6.00. The molecule has 1 unspecified atom stereocenters. The van der Waals surface area contributed by atoms with Crippen molar-refractivity contribution in [2.45, 2.75) is 29.9 Å². The Balaban J connectivity index is 1.45. The van der Waals surface area contributed by atoms with Crippen LogP contribution in [0.15, 0.2) is 28.9 Å². The summed E-state index contributed by atoms with van der Waals surface area (Å²) < 4.78 is 6.66. The van der Waals surface area contributed by atoms with Crippen LogP contribution in [0.4, 0.5) is 5.13 Å². The van der Waals surface area contributed by atoms with Gasteiger partial charge < -0.3 is 15.4 Å². The summed E-state index contributed by atoms with van der Waals surface area (Å²) >= 11 is 2.68. The third-order valence-electron chi connectivity index (χ3n) is 3.68. The molecule has 7 nitrogen and oxygen atoms in total. The molecule has 1 fully saturated rings. The molecular weight excluding hydrogens is 346 g/mol. The molecular formula is C15H19N5O2S2. The quantitative estimate of drug-likeness (QED) is 0.780. The van der Waals surface area contributed by atoms with Crippen LogP contribution in [-0.2, 0) is 16.1 Å². The molecule has 0 aromatic carbocycles. The third-order valence-corrected chi connectivity index (χ3v) is 5.55. The van der Waals surface area contributed by atoms with Gasteiger partial charge in [-0.2, -0.15) is 0 Å². The van der Waals surface area contributed by atoms with E-state index in [0.29, 0.717) is 24.0 Å². The van der Waals surface area contributed by atoms with Gasteiger partial charge in [-0.15, -0.1) is 10.2 Å². The maximum absolute atomic E-state index is 12.4. The lowest BCUT2D eigenvalue weighted by molar-refractivity contribution is -0.132. The normalized spacial score (nSPS) is 17.8. The summed E-state index contributed by atoms with van der Waals surface area (Å²) in [4.78, 5) is 18.3. The largest absolute Gasteiger partial charge is 0.374 e. The zero-order valence-corrected chi connectivity index (χ0v) is 14.8. The van der Waals surface area contributed by atoms with Gasteiger partial charge >= 0.3 is 0 Å². The number of nitrogens with zero attached hydrogens (tertiary/aromatic N) is 4. The minimum atomic E-state index is 0.0741. The molecule has 0 bridgehead atoms. The van der Waals surface area contributed by atoms with Gasteiger partial charge in [0.15, 0.2) is 4.34 Å². The smallest absolute Gasteiger partial charge is 0.233 e. The molecule has 24 heavy (non-hydrogen) atoms. The molecule has 0 spiro atoms. The number of piperidine rings is 1. The molecule has 3 rings (SSSR count). The molecule has 3 heterocycles. The Hall–Kier alpha value is -1.71. The number of nitrogen functional groups attached to an aromatic ring is 1. The van der Waals surface area contributed by atoms with Gasteiger partial charge in [-0.05, 0) is 24.5 Å². The van der Waals surface area contributed by atoms with Gasteiger partial charge in [0.25, 0.3) is 0 Å². The summed E-state index contributed by atoms with van der Waals surface area (Å²) in [7, 11) is 0. The first-order valence-corrected chi connectivity index (χ1v) is 9.51. The van der Waals surface area contributed by atoms with E-state index in [4.69, 9.17) is 10.5 Å². The van der Waals surface area contributed by atoms with Crippen molar-refractivity contribution in [2.75, 3.05) is 24.6 Å². The van der Waals surface area contributed by atoms with Crippen molar-refractivity contribution in [3.05, 3.63) is 30.1 Å². The van der Waals surface area contributed by atoms with Gasteiger partial charge in [0, 0.05) is 25.5 Å². The molecule has 2 aromatic heterocycles. The van der Waals surface area contributed by atoms with Crippen molar-refractivity contribution in [1.82, 2.24) is 20.1 Å². The van der Waals surface area contributed by atoms with Crippen LogP contribution < -0.4 is 5.73 Å². The van der Waals surface area contributed by atoms with E-state index in [1.807, 2.05) is 17.0 Å². The molecule has 0 aliphatic carbocycles. The second-order valence-electron chi connectivity index (χ2n) is 5.47. The zero-order chi connectivity index (χ0) is 16.8. The Morgan fingerprint density at radius 1 is 1.50 bits per heavy atom. The van der Waals surface area contributed by atoms with Crippen LogP contribution in [0.25, 0.3) is 0 Å². The Bertz CT molecular complexity index is 667. The molecule has 9 heteroatoms. The number of carbonyl (C=O) groups excluding carboxylic acids is 1. The van der Waals surface area contributed by atoms with Crippen LogP contribution in [0.1, 0.15) is 18.4 Å². The summed E-state index contributed by atoms with van der Waals surface area (Å²) in [5.41, 5.74) is 6.59. The van der Waals surface area contributed by atoms with Crippen molar-refractivity contribution in [3.8, 4) is 0 Å². The van der Waals surface area contributed by atoms with Gasteiger partial charge in [-0.1, -0.05) is 29.2 Å². The molecule has 0 saturated carbocycles. The first-order valence-electron chi connectivity index (χ1n) is 7.71. The molecule has 1 atom stereocenters. The number of hydrogen-bond donors (Lipinski definition) is 1. The Morgan fingerprint density at radius 3 is 3.17 bits per heavy atom. The lowest BCUT2D eigenvalue weighted by Gasteiger charge is -2.32. The first-order chi connectivity index (χ1) is 11.7. The van der Waals surface area contributed by atoms with Gasteiger partial charge in [-0.3, -0.25) is 9.78 Å². The highest BCUT2D eigenvalue weighted by atomic mass is 32.2. The van der Waals surface area contributed by atoms with E-state index in [2.05, 4.69) is 15.2 Å². The van der Waals surface area contributed by atoms with Crippen molar-refractivity contribution in [2.24, 2.45) is 0 Å². The summed E-state index contributed by atoms with van der Waals surface area (Å²) in [5.74, 6) is 0.452. The second-order valence-corrected chi connectivity index (χ2v) is 7.70. The van der Waals surface area contributed by atoms with E-state index >= 15 is 0 Å². The number of anilines is 1. The van der Waals surface area contributed by atoms with Gasteiger partial charge in [0.1, 0.15) is 0 Å². The summed E-state index contributed by atoms with van der Waals surface area (Å²) in [5, 5.41) is 8.09. The van der Waals surface area contributed by atoms with Crippen LogP contribution >= 0.6 is 23.1 Å². The molecule has 1 aliphatic rings. The maximum Gasteiger partial charge on any atom is 0.233 e. The van der Waals surface area contributed by atoms with Crippen LogP contribution in [0, 0.1) is 0 Å². The average molecular weight is 365 g/mol. The molecule has 1 saturated heterocycles. The standard InChI is InChI=1S/C15H19N5O2S2/c16-14-18-19-15(24-14)23-10-13(21)20-6-2-4-12(8-20)22-9-11-3-1-5-17-7-11/h1,3,5,7,12H,2,4,6,8-10H2,(H2,16,18). The Morgan fingerprint density at radius 2 is 2.42 bits per heavy atom. The number of ether oxygens (including phenoxy) is 1. The number of aromatic nitrogens is 3. The highest BCUT2D eigenvalue weighted by molar-refractivity contribution is 8.01. The highest BCUT2D eigenvalue weighted by Crippen LogP contribution is 2.24. The van der Waals surface area contributed by atoms with E-state index in [0.717, 1.165) is 29.3 Å². The number of amides is 1. The molecule has 2 aromatic rings. The Labute approximate surface area is 148 Å². The second kappa shape index (κ2) is 8.41. The first kappa shape index (κ1) is 17.1. The highest BCUT2D eigenvalue weighted by Gasteiger charge is 2.24. The van der Waals surface area contributed by atoms with Crippen LogP contribution in [0.2, 0.25) is 0 Å². The van der Waals surface area contributed by atoms with Crippen LogP contribution in [-0.4, -0.2) is 50.9 Å². The summed E-state index contributed by atoms with van der Waals surface area (Å²) in [6.07, 6.45) is 5.55. The maximum atomic E-state index is 12.4. The number of carbonyl (C=O) groups is 1. The number of pyridine rings is 1. The summed E-state index contributed by atoms with van der Waals surface area (Å²) in [6.45, 7) is 1.95. The number of likely N-dealkylation sites (tertiary alicyclic amines) is 1. The lowest BCUT2D eigenvalue weighted by atomic mass is 10.1. The topological polar surface area (TPSA) is 94.2 Å². The van der Waals surface area contributed by atoms with Gasteiger partial charge in [0.2, 0.25) is 11.0 Å². The fraction of sp³-hybridized carbons (Fsp3) is 0.467. The number of nitrogens with two attached hydrogens (primary N) is 1. The molecule has 128 valence electrons. The van der Waals surface area contributed by atoms with E-state index < -0.39 is 0 Å². The minimum Gasteiger partial charge on any atom is -0.374 e. The predicted octanol–water partition coefficient (Wildman–Crippen LogP) is 1.82. The minimum absolute atomic E-state index is 0.0741. The van der Waals surface area contributed by atoms with Crippen molar-refractivity contribution >= 4 is 34.1 Å². The molecule has 1 aliphatic heterocycles. The van der Waals surface area contributed by atoms with Crippen molar-refractivity contribution in [3.63, 3.8) is 0 Å². The molecule has 1 amide bonds. The number of hydrogen-bond acceptors (Lipinski definition) is 8. The van der Waals surface area contributed by atoms with Crippen molar-refractivity contribution < 1.29 is 9.53 Å². The monoisotopic (exact) mass is 365 g/mol. The molecule has 0 radical (unpaired) electrons. The van der Waals surface area contributed by atoms with Gasteiger partial charge in [-0.25, -0.2) is 0 Å². The SMILES string of the molecule is Nc1nnc(SCC(=O)N2CCCC(OCc3cccnc3)C2)s1. The van der Waals surface area contributed by atoms with Gasteiger partial charge in [0.05, 0.1) is 18.5 Å². The molecule has 2 N–H and O–H groups in total. The van der Waals surface area contributed by atoms with E-state index in [-0.39, 0.29) is 12.0 Å². The lowest BCUT2D eigenvalue weighted by Crippen LogP contribution is -2.44. The number of rotatable bonds is 6. The van der Waals surface area contributed by atoms with Crippen molar-refractivity contribution in [1.29, 1.82) is 0 Å². The third kappa shape index (κ3) is 4.89. The zero-order valence-electron chi connectivity index (χ0n) is 13.1. The average Bonchev–Trinajstić information content (AvgIpc) is 3.04. The van der Waals surface area contributed by atoms with E-state index in [1.54, 1.807) is 12.4 Å². The predicted molar refractivity (Wildman–Crippen MR) is 93.7 cm³/mol. The number of thioether (sulfide) groups is 1. The fourth-order valence-corrected chi connectivity index (χ4v) is 4.03. The van der Waals surface area contributed by atoms with E-state index in [9.17, 15) is 4.79 Å². The van der Waals surface area contributed by atoms with E-state index in [1.165, 1.54) is 23.1 Å². The fourth-order valence-electron chi connectivity index (χ4n) is 2.49. The van der Waals surface area contributed by atoms with Crippen LogP contribution in [0.5, 0.6) is 0 Å². The summed E-state index contributed by atoms with van der Waals surface area (Å²) in [6, 6.07) is 3.88. The van der Waals surface area contributed by atoms with Crippen LogP contribution in [0.3, 0.4) is 0 Å².